The van der Waals surface area contributed by atoms with Gasteiger partial charge >= 0.3 is 0 Å². The average molecular weight is 344 g/mol. The van der Waals surface area contributed by atoms with Gasteiger partial charge in [-0.15, -0.1) is 0 Å². The number of amides is 2. The van der Waals surface area contributed by atoms with Crippen LogP contribution in [0.3, 0.4) is 0 Å². The van der Waals surface area contributed by atoms with Crippen LogP contribution in [0, 0.1) is 12.7 Å². The molecular formula is C18H21FN4O2. The van der Waals surface area contributed by atoms with Gasteiger partial charge in [0.15, 0.2) is 0 Å². The molecule has 2 rings (SSSR count). The van der Waals surface area contributed by atoms with Gasteiger partial charge in [0.1, 0.15) is 11.6 Å². The van der Waals surface area contributed by atoms with E-state index >= 15 is 0 Å². The maximum absolute atomic E-state index is 13.5. The van der Waals surface area contributed by atoms with Crippen LogP contribution >= 0.6 is 0 Å². The standard InChI is InChI=1S/C18H21FN4O2/c1-12-4-5-13(10-15(12)19)17(24)21-8-9-22-18(25)14-6-7-20-16(11-14)23(2)3/h4-7,10-11H,8-9H2,1-3H3,(H,21,24)(H,22,25). The Hall–Kier alpha value is -2.96. The summed E-state index contributed by atoms with van der Waals surface area (Å²) in [5.41, 5.74) is 1.23. The molecule has 25 heavy (non-hydrogen) atoms. The summed E-state index contributed by atoms with van der Waals surface area (Å²) in [5.74, 6) is -0.370. The molecule has 132 valence electrons. The second kappa shape index (κ2) is 8.23. The largest absolute Gasteiger partial charge is 0.363 e. The molecule has 0 atom stereocenters. The Morgan fingerprint density at radius 3 is 2.20 bits per heavy atom. The van der Waals surface area contributed by atoms with Gasteiger partial charge in [0.05, 0.1) is 0 Å². The number of aryl methyl sites for hydroxylation is 1. The number of anilines is 1. The molecule has 2 aromatic rings. The van der Waals surface area contributed by atoms with E-state index in [1.165, 1.54) is 6.07 Å². The van der Waals surface area contributed by atoms with Crippen LogP contribution in [0.25, 0.3) is 0 Å². The Balaban J connectivity index is 1.82. The maximum atomic E-state index is 13.5. The van der Waals surface area contributed by atoms with Crippen LogP contribution in [0.5, 0.6) is 0 Å². The molecule has 1 aromatic heterocycles. The molecular weight excluding hydrogens is 323 g/mol. The third-order valence-electron chi connectivity index (χ3n) is 3.60. The van der Waals surface area contributed by atoms with Gasteiger partial charge in [-0.1, -0.05) is 6.07 Å². The minimum atomic E-state index is -0.421. The number of nitrogens with one attached hydrogen (secondary N) is 2. The third kappa shape index (κ3) is 5.00. The zero-order chi connectivity index (χ0) is 18.4. The van der Waals surface area contributed by atoms with Crippen molar-refractivity contribution in [3.8, 4) is 0 Å². The SMILES string of the molecule is Cc1ccc(C(=O)NCCNC(=O)c2ccnc(N(C)C)c2)cc1F. The van der Waals surface area contributed by atoms with E-state index < -0.39 is 5.82 Å². The van der Waals surface area contributed by atoms with Crippen LogP contribution < -0.4 is 15.5 Å². The third-order valence-corrected chi connectivity index (χ3v) is 3.60. The van der Waals surface area contributed by atoms with Crippen LogP contribution in [-0.4, -0.2) is 44.0 Å². The van der Waals surface area contributed by atoms with Crippen molar-refractivity contribution in [1.82, 2.24) is 15.6 Å². The van der Waals surface area contributed by atoms with E-state index in [9.17, 15) is 14.0 Å². The number of nitrogens with zero attached hydrogens (tertiary/aromatic N) is 2. The Labute approximate surface area is 146 Å². The van der Waals surface area contributed by atoms with Gasteiger partial charge in [-0.25, -0.2) is 9.37 Å². The van der Waals surface area contributed by atoms with E-state index in [1.807, 2.05) is 14.1 Å². The fraction of sp³-hybridized carbons (Fsp3) is 0.278. The van der Waals surface area contributed by atoms with Gasteiger partial charge in [-0.05, 0) is 36.8 Å². The number of carbonyl (C=O) groups is 2. The lowest BCUT2D eigenvalue weighted by Crippen LogP contribution is -2.34. The summed E-state index contributed by atoms with van der Waals surface area (Å²) in [6.07, 6.45) is 1.57. The first-order chi connectivity index (χ1) is 11.9. The van der Waals surface area contributed by atoms with Crippen LogP contribution in [0.4, 0.5) is 10.2 Å². The van der Waals surface area contributed by atoms with Gasteiger partial charge in [0.25, 0.3) is 11.8 Å². The number of halogens is 1. The normalized spacial score (nSPS) is 10.2. The van der Waals surface area contributed by atoms with Crippen molar-refractivity contribution in [2.75, 3.05) is 32.1 Å². The zero-order valence-electron chi connectivity index (χ0n) is 14.5. The molecule has 6 nitrogen and oxygen atoms in total. The highest BCUT2D eigenvalue weighted by molar-refractivity contribution is 5.95. The van der Waals surface area contributed by atoms with E-state index in [4.69, 9.17) is 0 Å². The molecule has 1 heterocycles. The summed E-state index contributed by atoms with van der Waals surface area (Å²) in [5, 5.41) is 5.36. The quantitative estimate of drug-likeness (QED) is 0.783. The average Bonchev–Trinajstić information content (AvgIpc) is 2.60. The number of aromatic nitrogens is 1. The van der Waals surface area contributed by atoms with Crippen molar-refractivity contribution in [2.45, 2.75) is 6.92 Å². The van der Waals surface area contributed by atoms with E-state index in [-0.39, 0.29) is 30.5 Å². The molecule has 0 aliphatic heterocycles. The van der Waals surface area contributed by atoms with Crippen LogP contribution in [0.15, 0.2) is 36.5 Å². The van der Waals surface area contributed by atoms with Gasteiger partial charge in [0.2, 0.25) is 0 Å². The van der Waals surface area contributed by atoms with Gasteiger partial charge in [0, 0.05) is 44.5 Å². The number of hydrogen-bond acceptors (Lipinski definition) is 4. The molecule has 0 aliphatic rings. The summed E-state index contributed by atoms with van der Waals surface area (Å²) in [4.78, 5) is 30.0. The molecule has 0 spiro atoms. The number of carbonyl (C=O) groups excluding carboxylic acids is 2. The number of benzene rings is 1. The van der Waals surface area contributed by atoms with Crippen molar-refractivity contribution in [1.29, 1.82) is 0 Å². The maximum Gasteiger partial charge on any atom is 0.251 e. The number of rotatable bonds is 6. The lowest BCUT2D eigenvalue weighted by atomic mass is 10.1. The Kier molecular flexibility index (Phi) is 6.05. The van der Waals surface area contributed by atoms with Gasteiger partial charge in [-0.2, -0.15) is 0 Å². The topological polar surface area (TPSA) is 74.3 Å². The monoisotopic (exact) mass is 344 g/mol. The lowest BCUT2D eigenvalue weighted by molar-refractivity contribution is 0.0927. The Morgan fingerprint density at radius 2 is 1.64 bits per heavy atom. The molecule has 0 saturated heterocycles. The van der Waals surface area contributed by atoms with Gasteiger partial charge in [-0.3, -0.25) is 9.59 Å². The summed E-state index contributed by atoms with van der Waals surface area (Å²) in [7, 11) is 3.68. The number of pyridine rings is 1. The van der Waals surface area contributed by atoms with Crippen molar-refractivity contribution in [2.24, 2.45) is 0 Å². The molecule has 2 amide bonds. The summed E-state index contributed by atoms with van der Waals surface area (Å²) < 4.78 is 13.5. The molecule has 0 fully saturated rings. The highest BCUT2D eigenvalue weighted by Gasteiger charge is 2.09. The van der Waals surface area contributed by atoms with Crippen LogP contribution in [0.1, 0.15) is 26.3 Å². The van der Waals surface area contributed by atoms with E-state index in [2.05, 4.69) is 15.6 Å². The fourth-order valence-corrected chi connectivity index (χ4v) is 2.09. The molecule has 2 N–H and O–H groups in total. The Bertz CT molecular complexity index is 777. The predicted octanol–water partition coefficient (Wildman–Crippen LogP) is 1.75. The molecule has 0 aliphatic carbocycles. The van der Waals surface area contributed by atoms with Crippen molar-refractivity contribution in [3.05, 3.63) is 59.0 Å². The minimum Gasteiger partial charge on any atom is -0.363 e. The second-order valence-electron chi connectivity index (χ2n) is 5.77. The second-order valence-corrected chi connectivity index (χ2v) is 5.77. The van der Waals surface area contributed by atoms with Crippen molar-refractivity contribution >= 4 is 17.6 Å². The first-order valence-electron chi connectivity index (χ1n) is 7.84. The van der Waals surface area contributed by atoms with Crippen LogP contribution in [0.2, 0.25) is 0 Å². The first-order valence-corrected chi connectivity index (χ1v) is 7.84. The molecule has 7 heteroatoms. The fourth-order valence-electron chi connectivity index (χ4n) is 2.09. The van der Waals surface area contributed by atoms with E-state index in [0.717, 1.165) is 0 Å². The molecule has 1 aromatic carbocycles. The van der Waals surface area contributed by atoms with Crippen molar-refractivity contribution < 1.29 is 14.0 Å². The summed E-state index contributed by atoms with van der Waals surface area (Å²) in [6, 6.07) is 7.62. The zero-order valence-corrected chi connectivity index (χ0v) is 14.5. The minimum absolute atomic E-state index is 0.242. The van der Waals surface area contributed by atoms with Crippen molar-refractivity contribution in [3.63, 3.8) is 0 Å². The highest BCUT2D eigenvalue weighted by atomic mass is 19.1. The smallest absolute Gasteiger partial charge is 0.251 e. The first kappa shape index (κ1) is 18.4. The number of hydrogen-bond donors (Lipinski definition) is 2. The van der Waals surface area contributed by atoms with Crippen LogP contribution in [-0.2, 0) is 0 Å². The van der Waals surface area contributed by atoms with E-state index in [0.29, 0.717) is 16.9 Å². The highest BCUT2D eigenvalue weighted by Crippen LogP contribution is 2.10. The molecule has 0 bridgehead atoms. The molecule has 0 saturated carbocycles. The lowest BCUT2D eigenvalue weighted by Gasteiger charge is -2.12. The molecule has 0 radical (unpaired) electrons. The predicted molar refractivity (Wildman–Crippen MR) is 94.4 cm³/mol. The summed E-state index contributed by atoms with van der Waals surface area (Å²) >= 11 is 0. The Morgan fingerprint density at radius 1 is 1.04 bits per heavy atom. The van der Waals surface area contributed by atoms with E-state index in [1.54, 1.807) is 42.3 Å². The molecule has 0 unspecified atom stereocenters. The summed E-state index contributed by atoms with van der Waals surface area (Å²) in [6.45, 7) is 2.14. The van der Waals surface area contributed by atoms with Gasteiger partial charge < -0.3 is 15.5 Å².